The van der Waals surface area contributed by atoms with Crippen molar-refractivity contribution in [3.8, 4) is 0 Å². The van der Waals surface area contributed by atoms with Crippen LogP contribution in [-0.2, 0) is 12.7 Å². The highest BCUT2D eigenvalue weighted by Gasteiger charge is 2.32. The number of hydrogen-bond donors (Lipinski definition) is 1. The van der Waals surface area contributed by atoms with Crippen LogP contribution in [0.2, 0.25) is 0 Å². The minimum Gasteiger partial charge on any atom is -0.326 e. The van der Waals surface area contributed by atoms with Gasteiger partial charge in [0.1, 0.15) is 0 Å². The lowest BCUT2D eigenvalue weighted by Gasteiger charge is -2.09. The molecule has 14 heavy (non-hydrogen) atoms. The highest BCUT2D eigenvalue weighted by molar-refractivity contribution is 9.10. The predicted molar refractivity (Wildman–Crippen MR) is 54.3 cm³/mol. The molecule has 0 atom stereocenters. The molecule has 1 nitrogen and oxygen atoms in total. The minimum absolute atomic E-state index is 0. The number of halogens is 5. The molecule has 0 unspecified atom stereocenters. The van der Waals surface area contributed by atoms with Crippen molar-refractivity contribution in [3.63, 3.8) is 0 Å². The Hall–Kier alpha value is -0.260. The topological polar surface area (TPSA) is 26.0 Å². The Morgan fingerprint density at radius 3 is 2.29 bits per heavy atom. The standard InChI is InChI=1S/C8H7BrF3N.ClH/c9-7-2-1-5(4-13)3-6(7)8(10,11)12;/h1-3H,4,13H2;1H. The van der Waals surface area contributed by atoms with Crippen LogP contribution in [0.5, 0.6) is 0 Å². The van der Waals surface area contributed by atoms with E-state index in [4.69, 9.17) is 5.73 Å². The Bertz CT molecular complexity index is 314. The van der Waals surface area contributed by atoms with Gasteiger partial charge in [-0.3, -0.25) is 0 Å². The molecule has 0 radical (unpaired) electrons. The predicted octanol–water partition coefficient (Wildman–Crippen LogP) is 3.35. The molecule has 2 N–H and O–H groups in total. The lowest BCUT2D eigenvalue weighted by atomic mass is 10.1. The lowest BCUT2D eigenvalue weighted by Crippen LogP contribution is -2.07. The van der Waals surface area contributed by atoms with E-state index in [-0.39, 0.29) is 23.4 Å². The summed E-state index contributed by atoms with van der Waals surface area (Å²) >= 11 is 2.83. The molecule has 0 heterocycles. The molecule has 6 heteroatoms. The van der Waals surface area contributed by atoms with Gasteiger partial charge in [0.25, 0.3) is 0 Å². The third kappa shape index (κ3) is 3.15. The number of nitrogens with two attached hydrogens (primary N) is 1. The molecule has 0 aromatic heterocycles. The van der Waals surface area contributed by atoms with E-state index in [2.05, 4.69) is 15.9 Å². The molecule has 0 saturated heterocycles. The van der Waals surface area contributed by atoms with Gasteiger partial charge in [-0.05, 0) is 17.7 Å². The Morgan fingerprint density at radius 2 is 1.86 bits per heavy atom. The SMILES string of the molecule is Cl.NCc1ccc(Br)c(C(F)(F)F)c1. The number of alkyl halides is 3. The van der Waals surface area contributed by atoms with E-state index in [9.17, 15) is 13.2 Å². The number of rotatable bonds is 1. The van der Waals surface area contributed by atoms with Crippen LogP contribution in [0.15, 0.2) is 22.7 Å². The van der Waals surface area contributed by atoms with E-state index < -0.39 is 11.7 Å². The van der Waals surface area contributed by atoms with Crippen LogP contribution in [-0.4, -0.2) is 0 Å². The summed E-state index contributed by atoms with van der Waals surface area (Å²) < 4.78 is 36.9. The van der Waals surface area contributed by atoms with Gasteiger partial charge in [-0.25, -0.2) is 0 Å². The first-order valence-electron chi connectivity index (χ1n) is 3.51. The van der Waals surface area contributed by atoms with Crippen LogP contribution in [0.25, 0.3) is 0 Å². The second-order valence-corrected chi connectivity index (χ2v) is 3.37. The maximum atomic E-state index is 12.3. The average molecular weight is 291 g/mol. The van der Waals surface area contributed by atoms with Crippen molar-refractivity contribution < 1.29 is 13.2 Å². The number of hydrogen-bond acceptors (Lipinski definition) is 1. The average Bonchev–Trinajstić information content (AvgIpc) is 2.03. The summed E-state index contributed by atoms with van der Waals surface area (Å²) in [6.07, 6.45) is -4.33. The Balaban J connectivity index is 0.00000169. The Morgan fingerprint density at radius 1 is 1.29 bits per heavy atom. The molecule has 1 aromatic carbocycles. The molecule has 0 bridgehead atoms. The van der Waals surface area contributed by atoms with Gasteiger partial charge >= 0.3 is 6.18 Å². The van der Waals surface area contributed by atoms with Crippen LogP contribution in [0, 0.1) is 0 Å². The first kappa shape index (κ1) is 13.7. The van der Waals surface area contributed by atoms with Crippen molar-refractivity contribution in [1.29, 1.82) is 0 Å². The summed E-state index contributed by atoms with van der Waals surface area (Å²) in [4.78, 5) is 0. The molecule has 0 spiro atoms. The molecular formula is C8H8BrClF3N. The number of benzene rings is 1. The van der Waals surface area contributed by atoms with Crippen molar-refractivity contribution in [2.24, 2.45) is 5.73 Å². The summed E-state index contributed by atoms with van der Waals surface area (Å²) in [5.41, 5.74) is 5.01. The molecule has 0 aliphatic heterocycles. The normalized spacial score (nSPS) is 10.9. The van der Waals surface area contributed by atoms with Crippen LogP contribution < -0.4 is 5.73 Å². The van der Waals surface area contributed by atoms with Crippen LogP contribution in [0.3, 0.4) is 0 Å². The fourth-order valence-corrected chi connectivity index (χ4v) is 1.39. The van der Waals surface area contributed by atoms with Gasteiger partial charge < -0.3 is 5.73 Å². The lowest BCUT2D eigenvalue weighted by molar-refractivity contribution is -0.138. The van der Waals surface area contributed by atoms with Crippen molar-refractivity contribution in [2.45, 2.75) is 12.7 Å². The zero-order chi connectivity index (χ0) is 10.1. The van der Waals surface area contributed by atoms with E-state index in [1.54, 1.807) is 6.07 Å². The molecule has 0 aliphatic carbocycles. The molecule has 80 valence electrons. The second-order valence-electron chi connectivity index (χ2n) is 2.52. The first-order chi connectivity index (χ1) is 5.95. The van der Waals surface area contributed by atoms with Gasteiger partial charge in [0.2, 0.25) is 0 Å². The van der Waals surface area contributed by atoms with Gasteiger partial charge in [-0.15, -0.1) is 12.4 Å². The summed E-state index contributed by atoms with van der Waals surface area (Å²) in [5, 5.41) is 0. The van der Waals surface area contributed by atoms with E-state index in [0.717, 1.165) is 6.07 Å². The van der Waals surface area contributed by atoms with Gasteiger partial charge in [-0.1, -0.05) is 22.0 Å². The van der Waals surface area contributed by atoms with E-state index in [0.29, 0.717) is 5.56 Å². The van der Waals surface area contributed by atoms with E-state index in [1.807, 2.05) is 0 Å². The first-order valence-corrected chi connectivity index (χ1v) is 4.30. The third-order valence-corrected chi connectivity index (χ3v) is 2.26. The molecular weight excluding hydrogens is 282 g/mol. The Labute approximate surface area is 94.0 Å². The second kappa shape index (κ2) is 5.00. The van der Waals surface area contributed by atoms with Crippen molar-refractivity contribution in [2.75, 3.05) is 0 Å². The molecule has 1 aromatic rings. The summed E-state index contributed by atoms with van der Waals surface area (Å²) in [5.74, 6) is 0. The van der Waals surface area contributed by atoms with Gasteiger partial charge in [0.15, 0.2) is 0 Å². The molecule has 1 rings (SSSR count). The quantitative estimate of drug-likeness (QED) is 0.843. The van der Waals surface area contributed by atoms with Crippen molar-refractivity contribution in [3.05, 3.63) is 33.8 Å². The molecule has 0 aliphatic rings. The fourth-order valence-electron chi connectivity index (χ4n) is 0.917. The maximum absolute atomic E-state index is 12.3. The van der Waals surface area contributed by atoms with Crippen LogP contribution in [0.1, 0.15) is 11.1 Å². The van der Waals surface area contributed by atoms with Crippen LogP contribution in [0.4, 0.5) is 13.2 Å². The van der Waals surface area contributed by atoms with Crippen molar-refractivity contribution >= 4 is 28.3 Å². The monoisotopic (exact) mass is 289 g/mol. The summed E-state index contributed by atoms with van der Waals surface area (Å²) in [6, 6.07) is 3.95. The summed E-state index contributed by atoms with van der Waals surface area (Å²) in [6.45, 7) is 0.107. The Kier molecular flexibility index (Phi) is 4.91. The highest BCUT2D eigenvalue weighted by atomic mass is 79.9. The van der Waals surface area contributed by atoms with Gasteiger partial charge in [0.05, 0.1) is 5.56 Å². The smallest absolute Gasteiger partial charge is 0.326 e. The van der Waals surface area contributed by atoms with E-state index in [1.165, 1.54) is 6.07 Å². The van der Waals surface area contributed by atoms with Gasteiger partial charge in [0, 0.05) is 11.0 Å². The fraction of sp³-hybridized carbons (Fsp3) is 0.250. The zero-order valence-corrected chi connectivity index (χ0v) is 9.34. The minimum atomic E-state index is -4.33. The van der Waals surface area contributed by atoms with Gasteiger partial charge in [-0.2, -0.15) is 13.2 Å². The molecule has 0 saturated carbocycles. The summed E-state index contributed by atoms with van der Waals surface area (Å²) in [7, 11) is 0. The zero-order valence-electron chi connectivity index (χ0n) is 6.94. The molecule has 0 fully saturated rings. The third-order valence-electron chi connectivity index (χ3n) is 1.57. The van der Waals surface area contributed by atoms with E-state index >= 15 is 0 Å². The largest absolute Gasteiger partial charge is 0.417 e. The maximum Gasteiger partial charge on any atom is 0.417 e. The van der Waals surface area contributed by atoms with Crippen LogP contribution >= 0.6 is 28.3 Å². The van der Waals surface area contributed by atoms with Crippen molar-refractivity contribution in [1.82, 2.24) is 0 Å². The molecule has 0 amide bonds. The highest BCUT2D eigenvalue weighted by Crippen LogP contribution is 2.35.